The lowest BCUT2D eigenvalue weighted by Gasteiger charge is -1.93. The highest BCUT2D eigenvalue weighted by atomic mass is 79.9. The van der Waals surface area contributed by atoms with Gasteiger partial charge in [0.05, 0.1) is 10.2 Å². The maximum atomic E-state index is 13.1. The number of halogens is 2. The number of hydrogen-bond donors (Lipinski definition) is 1. The van der Waals surface area contributed by atoms with Crippen LogP contribution in [0.2, 0.25) is 0 Å². The van der Waals surface area contributed by atoms with E-state index in [2.05, 4.69) is 20.9 Å². The van der Waals surface area contributed by atoms with Crippen molar-refractivity contribution in [3.05, 3.63) is 34.2 Å². The maximum Gasteiger partial charge on any atom is 0.175 e. The van der Waals surface area contributed by atoms with E-state index in [-0.39, 0.29) is 11.6 Å². The van der Waals surface area contributed by atoms with Crippen LogP contribution >= 0.6 is 15.9 Å². The SMILES string of the molecule is CC(=O)c1cc2cc(F)c(Br)cc2[nH]1. The van der Waals surface area contributed by atoms with Crippen molar-refractivity contribution in [2.24, 2.45) is 0 Å². The molecule has 0 bridgehead atoms. The summed E-state index contributed by atoms with van der Waals surface area (Å²) in [7, 11) is 0. The smallest absolute Gasteiger partial charge is 0.175 e. The summed E-state index contributed by atoms with van der Waals surface area (Å²) in [5, 5.41) is 0.705. The molecule has 1 heterocycles. The Morgan fingerprint density at radius 1 is 1.43 bits per heavy atom. The topological polar surface area (TPSA) is 32.9 Å². The molecule has 14 heavy (non-hydrogen) atoms. The lowest BCUT2D eigenvalue weighted by Crippen LogP contribution is -1.89. The molecule has 0 fully saturated rings. The minimum atomic E-state index is -0.327. The van der Waals surface area contributed by atoms with Crippen molar-refractivity contribution in [3.63, 3.8) is 0 Å². The first-order chi connectivity index (χ1) is 6.58. The third kappa shape index (κ3) is 1.46. The van der Waals surface area contributed by atoms with Crippen LogP contribution in [0.4, 0.5) is 4.39 Å². The quantitative estimate of drug-likeness (QED) is 0.780. The molecule has 0 aliphatic rings. The van der Waals surface area contributed by atoms with Crippen LogP contribution < -0.4 is 0 Å². The lowest BCUT2D eigenvalue weighted by atomic mass is 10.2. The van der Waals surface area contributed by atoms with Crippen LogP contribution in [0.3, 0.4) is 0 Å². The molecule has 0 atom stereocenters. The molecular weight excluding hydrogens is 249 g/mol. The minimum absolute atomic E-state index is 0.0577. The number of benzene rings is 1. The molecule has 72 valence electrons. The van der Waals surface area contributed by atoms with Gasteiger partial charge in [-0.3, -0.25) is 4.79 Å². The predicted molar refractivity (Wildman–Crippen MR) is 56.0 cm³/mol. The van der Waals surface area contributed by atoms with E-state index in [1.165, 1.54) is 13.0 Å². The van der Waals surface area contributed by atoms with E-state index in [9.17, 15) is 9.18 Å². The molecule has 0 spiro atoms. The van der Waals surface area contributed by atoms with E-state index in [1.54, 1.807) is 12.1 Å². The zero-order valence-electron chi connectivity index (χ0n) is 7.40. The Labute approximate surface area is 88.2 Å². The van der Waals surface area contributed by atoms with E-state index in [0.29, 0.717) is 15.6 Å². The van der Waals surface area contributed by atoms with Gasteiger partial charge in [0.25, 0.3) is 0 Å². The minimum Gasteiger partial charge on any atom is -0.352 e. The zero-order chi connectivity index (χ0) is 10.3. The summed E-state index contributed by atoms with van der Waals surface area (Å²) >= 11 is 3.08. The first kappa shape index (κ1) is 9.40. The molecule has 2 rings (SSSR count). The maximum absolute atomic E-state index is 13.1. The summed E-state index contributed by atoms with van der Waals surface area (Å²) in [6, 6.07) is 4.66. The number of rotatable bonds is 1. The Hall–Kier alpha value is -1.16. The summed E-state index contributed by atoms with van der Waals surface area (Å²) in [5.74, 6) is -0.385. The molecule has 1 aromatic heterocycles. The highest BCUT2D eigenvalue weighted by Crippen LogP contribution is 2.23. The Bertz CT molecular complexity index is 479. The standard InChI is InChI=1S/C10H7BrFNO/c1-5(14)9-3-6-2-8(12)7(11)4-10(6)13-9/h2-4,13H,1H3. The highest BCUT2D eigenvalue weighted by Gasteiger charge is 2.07. The van der Waals surface area contributed by atoms with Crippen molar-refractivity contribution in [2.45, 2.75) is 6.92 Å². The highest BCUT2D eigenvalue weighted by molar-refractivity contribution is 9.10. The molecule has 1 N–H and O–H groups in total. The Morgan fingerprint density at radius 3 is 2.79 bits per heavy atom. The van der Waals surface area contributed by atoms with Crippen molar-refractivity contribution in [1.82, 2.24) is 4.98 Å². The van der Waals surface area contributed by atoms with Crippen molar-refractivity contribution in [2.75, 3.05) is 0 Å². The molecular formula is C10H7BrFNO. The molecule has 4 heteroatoms. The molecule has 2 aromatic rings. The van der Waals surface area contributed by atoms with E-state index in [1.807, 2.05) is 0 Å². The number of Topliss-reactive ketones (excluding diaryl/α,β-unsaturated/α-hetero) is 1. The van der Waals surface area contributed by atoms with Gasteiger partial charge < -0.3 is 4.98 Å². The number of hydrogen-bond acceptors (Lipinski definition) is 1. The van der Waals surface area contributed by atoms with Crippen molar-refractivity contribution < 1.29 is 9.18 Å². The fourth-order valence-corrected chi connectivity index (χ4v) is 1.66. The Kier molecular flexibility index (Phi) is 2.15. The monoisotopic (exact) mass is 255 g/mol. The lowest BCUT2D eigenvalue weighted by molar-refractivity contribution is 0.101. The van der Waals surface area contributed by atoms with Gasteiger partial charge >= 0.3 is 0 Å². The van der Waals surface area contributed by atoms with E-state index in [4.69, 9.17) is 0 Å². The second-order valence-electron chi connectivity index (χ2n) is 3.09. The van der Waals surface area contributed by atoms with Crippen molar-refractivity contribution in [3.8, 4) is 0 Å². The van der Waals surface area contributed by atoms with Gasteiger partial charge in [-0.2, -0.15) is 0 Å². The fourth-order valence-electron chi connectivity index (χ4n) is 1.32. The summed E-state index contributed by atoms with van der Waals surface area (Å²) in [6.45, 7) is 1.47. The predicted octanol–water partition coefficient (Wildman–Crippen LogP) is 3.27. The first-order valence-electron chi connectivity index (χ1n) is 4.06. The second-order valence-corrected chi connectivity index (χ2v) is 3.95. The van der Waals surface area contributed by atoms with E-state index in [0.717, 1.165) is 5.52 Å². The molecule has 0 aliphatic heterocycles. The average molecular weight is 256 g/mol. The summed E-state index contributed by atoms with van der Waals surface area (Å²) < 4.78 is 13.5. The van der Waals surface area contributed by atoms with Crippen LogP contribution in [-0.2, 0) is 0 Å². The number of carbonyl (C=O) groups excluding carboxylic acids is 1. The fraction of sp³-hybridized carbons (Fsp3) is 0.100. The molecule has 0 aliphatic carbocycles. The summed E-state index contributed by atoms with van der Waals surface area (Å²) in [6.07, 6.45) is 0. The average Bonchev–Trinajstić information content (AvgIpc) is 2.48. The first-order valence-corrected chi connectivity index (χ1v) is 4.86. The normalized spacial score (nSPS) is 10.8. The van der Waals surface area contributed by atoms with Gasteiger partial charge in [-0.1, -0.05) is 0 Å². The molecule has 2 nitrogen and oxygen atoms in total. The number of nitrogens with one attached hydrogen (secondary N) is 1. The third-order valence-electron chi connectivity index (χ3n) is 2.04. The van der Waals surface area contributed by atoms with Gasteiger partial charge in [0.2, 0.25) is 0 Å². The Balaban J connectivity index is 2.72. The van der Waals surface area contributed by atoms with E-state index >= 15 is 0 Å². The molecule has 0 saturated heterocycles. The van der Waals surface area contributed by atoms with Crippen molar-refractivity contribution in [1.29, 1.82) is 0 Å². The van der Waals surface area contributed by atoms with Crippen LogP contribution in [0.1, 0.15) is 17.4 Å². The molecule has 0 saturated carbocycles. The summed E-state index contributed by atoms with van der Waals surface area (Å²) in [5.41, 5.74) is 1.25. The second kappa shape index (κ2) is 3.20. The number of aromatic amines is 1. The van der Waals surface area contributed by atoms with Crippen LogP contribution in [0.25, 0.3) is 10.9 Å². The van der Waals surface area contributed by atoms with Crippen LogP contribution in [-0.4, -0.2) is 10.8 Å². The molecule has 1 aromatic carbocycles. The Morgan fingerprint density at radius 2 is 2.14 bits per heavy atom. The van der Waals surface area contributed by atoms with Gasteiger partial charge in [-0.05, 0) is 34.1 Å². The summed E-state index contributed by atoms with van der Waals surface area (Å²) in [4.78, 5) is 14.0. The van der Waals surface area contributed by atoms with Gasteiger partial charge in [0.15, 0.2) is 5.78 Å². The number of carbonyl (C=O) groups is 1. The molecule has 0 amide bonds. The number of ketones is 1. The van der Waals surface area contributed by atoms with Crippen molar-refractivity contribution >= 4 is 32.6 Å². The number of H-pyrrole nitrogens is 1. The third-order valence-corrected chi connectivity index (χ3v) is 2.65. The van der Waals surface area contributed by atoms with Gasteiger partial charge in [0, 0.05) is 17.8 Å². The van der Waals surface area contributed by atoms with Gasteiger partial charge in [0.1, 0.15) is 5.82 Å². The number of fused-ring (bicyclic) bond motifs is 1. The number of aromatic nitrogens is 1. The van der Waals surface area contributed by atoms with Gasteiger partial charge in [-0.15, -0.1) is 0 Å². The van der Waals surface area contributed by atoms with Crippen LogP contribution in [0.5, 0.6) is 0 Å². The molecule has 0 unspecified atom stereocenters. The zero-order valence-corrected chi connectivity index (χ0v) is 8.98. The van der Waals surface area contributed by atoms with Crippen LogP contribution in [0, 0.1) is 5.82 Å². The van der Waals surface area contributed by atoms with Gasteiger partial charge in [-0.25, -0.2) is 4.39 Å². The molecule has 0 radical (unpaired) electrons. The largest absolute Gasteiger partial charge is 0.352 e. The van der Waals surface area contributed by atoms with E-state index < -0.39 is 0 Å². The van der Waals surface area contributed by atoms with Crippen LogP contribution in [0.15, 0.2) is 22.7 Å².